The smallest absolute Gasteiger partial charge is 0.220 e. The number of para-hydroxylation sites is 1. The third-order valence-electron chi connectivity index (χ3n) is 3.08. The van der Waals surface area contributed by atoms with Crippen molar-refractivity contribution in [2.24, 2.45) is 5.92 Å². The summed E-state index contributed by atoms with van der Waals surface area (Å²) >= 11 is 1.70. The molecule has 1 N–H and O–H groups in total. The Kier molecular flexibility index (Phi) is 4.93. The molecule has 0 bridgehead atoms. The van der Waals surface area contributed by atoms with E-state index >= 15 is 0 Å². The summed E-state index contributed by atoms with van der Waals surface area (Å²) in [6.45, 7) is 1.40. The van der Waals surface area contributed by atoms with Crippen molar-refractivity contribution in [3.63, 3.8) is 0 Å². The molecule has 0 fully saturated rings. The molecule has 1 aromatic carbocycles. The molecule has 1 heterocycles. The SMILES string of the molecule is CSCCC(=O)NCC1COc2ccccc2C1. The van der Waals surface area contributed by atoms with Gasteiger partial charge in [0.15, 0.2) is 0 Å². The van der Waals surface area contributed by atoms with E-state index < -0.39 is 0 Å². The predicted molar refractivity (Wildman–Crippen MR) is 75.1 cm³/mol. The molecule has 1 aliphatic heterocycles. The molecule has 0 saturated heterocycles. The Labute approximate surface area is 112 Å². The van der Waals surface area contributed by atoms with Gasteiger partial charge in [0.05, 0.1) is 6.61 Å². The summed E-state index contributed by atoms with van der Waals surface area (Å²) in [6.07, 6.45) is 3.60. The van der Waals surface area contributed by atoms with Crippen LogP contribution in [0.4, 0.5) is 0 Å². The summed E-state index contributed by atoms with van der Waals surface area (Å²) in [5.41, 5.74) is 1.24. The molecule has 18 heavy (non-hydrogen) atoms. The zero-order valence-electron chi connectivity index (χ0n) is 10.6. The number of thioether (sulfide) groups is 1. The number of hydrogen-bond donors (Lipinski definition) is 1. The molecule has 2 rings (SSSR count). The second-order valence-corrected chi connectivity index (χ2v) is 5.52. The van der Waals surface area contributed by atoms with Crippen molar-refractivity contribution in [2.75, 3.05) is 25.2 Å². The number of hydrogen-bond acceptors (Lipinski definition) is 3. The number of benzene rings is 1. The van der Waals surface area contributed by atoms with Crippen molar-refractivity contribution in [2.45, 2.75) is 12.8 Å². The Morgan fingerprint density at radius 2 is 2.33 bits per heavy atom. The topological polar surface area (TPSA) is 38.3 Å². The summed E-state index contributed by atoms with van der Waals surface area (Å²) < 4.78 is 5.69. The molecule has 0 aliphatic carbocycles. The summed E-state index contributed by atoms with van der Waals surface area (Å²) in [5, 5.41) is 2.99. The number of carbonyl (C=O) groups excluding carboxylic acids is 1. The van der Waals surface area contributed by atoms with Gasteiger partial charge in [-0.1, -0.05) is 18.2 Å². The highest BCUT2D eigenvalue weighted by molar-refractivity contribution is 7.98. The quantitative estimate of drug-likeness (QED) is 0.886. The molecule has 1 amide bonds. The van der Waals surface area contributed by atoms with Crippen LogP contribution in [-0.4, -0.2) is 31.1 Å². The van der Waals surface area contributed by atoms with Crippen molar-refractivity contribution in [3.05, 3.63) is 29.8 Å². The molecule has 1 aromatic rings. The molecular formula is C14H19NO2S. The van der Waals surface area contributed by atoms with Gasteiger partial charge in [-0.2, -0.15) is 11.8 Å². The minimum Gasteiger partial charge on any atom is -0.493 e. The maximum Gasteiger partial charge on any atom is 0.220 e. The summed E-state index contributed by atoms with van der Waals surface area (Å²) in [7, 11) is 0. The molecule has 1 unspecified atom stereocenters. The Hall–Kier alpha value is -1.16. The van der Waals surface area contributed by atoms with Crippen LogP contribution >= 0.6 is 11.8 Å². The fraction of sp³-hybridized carbons (Fsp3) is 0.500. The fourth-order valence-electron chi connectivity index (χ4n) is 2.06. The first-order chi connectivity index (χ1) is 8.79. The van der Waals surface area contributed by atoms with E-state index in [9.17, 15) is 4.79 Å². The molecule has 0 spiro atoms. The minimum absolute atomic E-state index is 0.142. The Balaban J connectivity index is 1.78. The summed E-state index contributed by atoms with van der Waals surface area (Å²) in [4.78, 5) is 11.5. The van der Waals surface area contributed by atoms with Crippen LogP contribution in [0.25, 0.3) is 0 Å². The second kappa shape index (κ2) is 6.69. The Morgan fingerprint density at radius 1 is 1.50 bits per heavy atom. The van der Waals surface area contributed by atoms with Gasteiger partial charge in [0, 0.05) is 24.6 Å². The first kappa shape index (κ1) is 13.3. The lowest BCUT2D eigenvalue weighted by atomic mass is 9.97. The van der Waals surface area contributed by atoms with E-state index in [1.165, 1.54) is 5.56 Å². The number of carbonyl (C=O) groups is 1. The molecule has 4 heteroatoms. The molecule has 3 nitrogen and oxygen atoms in total. The van der Waals surface area contributed by atoms with Crippen LogP contribution in [0.5, 0.6) is 5.75 Å². The van der Waals surface area contributed by atoms with Crippen LogP contribution in [-0.2, 0) is 11.2 Å². The molecule has 1 atom stereocenters. The minimum atomic E-state index is 0.142. The Morgan fingerprint density at radius 3 is 3.17 bits per heavy atom. The van der Waals surface area contributed by atoms with Crippen LogP contribution in [0.2, 0.25) is 0 Å². The predicted octanol–water partition coefficient (Wildman–Crippen LogP) is 2.11. The lowest BCUT2D eigenvalue weighted by Gasteiger charge is -2.25. The van der Waals surface area contributed by atoms with Crippen molar-refractivity contribution in [1.29, 1.82) is 0 Å². The zero-order chi connectivity index (χ0) is 12.8. The van der Waals surface area contributed by atoms with Crippen LogP contribution in [0.1, 0.15) is 12.0 Å². The van der Waals surface area contributed by atoms with Gasteiger partial charge in [0.25, 0.3) is 0 Å². The van der Waals surface area contributed by atoms with Gasteiger partial charge in [0.2, 0.25) is 5.91 Å². The van der Waals surface area contributed by atoms with Gasteiger partial charge in [-0.3, -0.25) is 4.79 Å². The van der Waals surface area contributed by atoms with Crippen LogP contribution < -0.4 is 10.1 Å². The van der Waals surface area contributed by atoms with Gasteiger partial charge in [-0.25, -0.2) is 0 Å². The van der Waals surface area contributed by atoms with E-state index in [2.05, 4.69) is 11.4 Å². The van der Waals surface area contributed by atoms with Crippen molar-refractivity contribution in [1.82, 2.24) is 5.32 Å². The summed E-state index contributed by atoms with van der Waals surface area (Å²) in [5.74, 6) is 2.40. The van der Waals surface area contributed by atoms with Gasteiger partial charge in [-0.15, -0.1) is 0 Å². The Bertz CT molecular complexity index is 409. The number of ether oxygens (including phenoxy) is 1. The average molecular weight is 265 g/mol. The van der Waals surface area contributed by atoms with E-state index in [0.29, 0.717) is 25.5 Å². The van der Waals surface area contributed by atoms with Gasteiger partial charge < -0.3 is 10.1 Å². The van der Waals surface area contributed by atoms with E-state index in [4.69, 9.17) is 4.74 Å². The van der Waals surface area contributed by atoms with Crippen molar-refractivity contribution >= 4 is 17.7 Å². The fourth-order valence-corrected chi connectivity index (χ4v) is 2.45. The van der Waals surface area contributed by atoms with Crippen LogP contribution in [0.3, 0.4) is 0 Å². The average Bonchev–Trinajstić information content (AvgIpc) is 2.42. The molecule has 1 aliphatic rings. The highest BCUT2D eigenvalue weighted by atomic mass is 32.2. The molecular weight excluding hydrogens is 246 g/mol. The zero-order valence-corrected chi connectivity index (χ0v) is 11.5. The highest BCUT2D eigenvalue weighted by Gasteiger charge is 2.19. The highest BCUT2D eigenvalue weighted by Crippen LogP contribution is 2.26. The van der Waals surface area contributed by atoms with E-state index in [0.717, 1.165) is 17.9 Å². The van der Waals surface area contributed by atoms with Gasteiger partial charge in [0.1, 0.15) is 5.75 Å². The molecule has 0 radical (unpaired) electrons. The number of rotatable bonds is 5. The third-order valence-corrected chi connectivity index (χ3v) is 3.69. The standard InChI is InChI=1S/C14H19NO2S/c1-18-7-6-14(16)15-9-11-8-12-4-2-3-5-13(12)17-10-11/h2-5,11H,6-10H2,1H3,(H,15,16). The van der Waals surface area contributed by atoms with E-state index in [1.54, 1.807) is 11.8 Å². The number of fused-ring (bicyclic) bond motifs is 1. The first-order valence-electron chi connectivity index (χ1n) is 6.26. The lowest BCUT2D eigenvalue weighted by molar-refractivity contribution is -0.120. The molecule has 0 saturated carbocycles. The lowest BCUT2D eigenvalue weighted by Crippen LogP contribution is -2.34. The van der Waals surface area contributed by atoms with Crippen LogP contribution in [0, 0.1) is 5.92 Å². The van der Waals surface area contributed by atoms with Gasteiger partial charge >= 0.3 is 0 Å². The maximum absolute atomic E-state index is 11.5. The first-order valence-corrected chi connectivity index (χ1v) is 7.65. The van der Waals surface area contributed by atoms with Gasteiger partial charge in [-0.05, 0) is 24.3 Å². The van der Waals surface area contributed by atoms with E-state index in [-0.39, 0.29) is 5.91 Å². The monoisotopic (exact) mass is 265 g/mol. The normalized spacial score (nSPS) is 17.7. The molecule has 0 aromatic heterocycles. The summed E-state index contributed by atoms with van der Waals surface area (Å²) in [6, 6.07) is 8.12. The second-order valence-electron chi connectivity index (χ2n) is 4.54. The largest absolute Gasteiger partial charge is 0.493 e. The third kappa shape index (κ3) is 3.67. The van der Waals surface area contributed by atoms with Crippen LogP contribution in [0.15, 0.2) is 24.3 Å². The van der Waals surface area contributed by atoms with Crippen molar-refractivity contribution < 1.29 is 9.53 Å². The number of nitrogens with one attached hydrogen (secondary N) is 1. The van der Waals surface area contributed by atoms with Crippen molar-refractivity contribution in [3.8, 4) is 5.75 Å². The maximum atomic E-state index is 11.5. The number of amides is 1. The van der Waals surface area contributed by atoms with E-state index in [1.807, 2.05) is 24.5 Å². The molecule has 98 valence electrons.